The van der Waals surface area contributed by atoms with Gasteiger partial charge in [0.2, 0.25) is 11.8 Å². The van der Waals surface area contributed by atoms with Gasteiger partial charge in [0.1, 0.15) is 11.9 Å². The van der Waals surface area contributed by atoms with Gasteiger partial charge in [-0.15, -0.1) is 11.3 Å². The summed E-state index contributed by atoms with van der Waals surface area (Å²) in [5.74, 6) is -1.11. The van der Waals surface area contributed by atoms with Crippen molar-refractivity contribution >= 4 is 28.8 Å². The second-order valence-electron chi connectivity index (χ2n) is 8.22. The zero-order chi connectivity index (χ0) is 22.5. The number of nitrogens with one attached hydrogen (secondary N) is 1. The van der Waals surface area contributed by atoms with Gasteiger partial charge in [-0.1, -0.05) is 55.3 Å². The van der Waals surface area contributed by atoms with E-state index in [9.17, 15) is 9.59 Å². The Kier molecular flexibility index (Phi) is 7.00. The van der Waals surface area contributed by atoms with Crippen molar-refractivity contribution in [3.8, 4) is 0 Å². The zero-order valence-electron chi connectivity index (χ0n) is 18.1. The summed E-state index contributed by atoms with van der Waals surface area (Å²) in [6.45, 7) is 1.91. The van der Waals surface area contributed by atoms with Crippen LogP contribution >= 0.6 is 11.3 Å². The Morgan fingerprint density at radius 3 is 2.47 bits per heavy atom. The topological polar surface area (TPSA) is 49.4 Å². The van der Waals surface area contributed by atoms with Crippen LogP contribution in [0.3, 0.4) is 0 Å². The van der Waals surface area contributed by atoms with Crippen LogP contribution in [0, 0.1) is 12.7 Å². The van der Waals surface area contributed by atoms with Crippen LogP contribution in [0.4, 0.5) is 10.1 Å². The average Bonchev–Trinajstić information content (AvgIpc) is 3.48. The fourth-order valence-corrected chi connectivity index (χ4v) is 5.05. The van der Waals surface area contributed by atoms with Crippen LogP contribution in [-0.2, 0) is 16.0 Å². The van der Waals surface area contributed by atoms with E-state index in [2.05, 4.69) is 5.32 Å². The van der Waals surface area contributed by atoms with Gasteiger partial charge >= 0.3 is 0 Å². The summed E-state index contributed by atoms with van der Waals surface area (Å²) in [4.78, 5) is 29.5. The van der Waals surface area contributed by atoms with Gasteiger partial charge in [0, 0.05) is 10.9 Å². The molecule has 1 aliphatic carbocycles. The van der Waals surface area contributed by atoms with Crippen LogP contribution < -0.4 is 10.2 Å². The Bertz CT molecular complexity index is 1080. The smallest absolute Gasteiger partial charge is 0.248 e. The number of amides is 2. The van der Waals surface area contributed by atoms with E-state index in [1.54, 1.807) is 18.2 Å². The number of para-hydroxylation sites is 1. The quantitative estimate of drug-likeness (QED) is 0.511. The predicted octanol–water partition coefficient (Wildman–Crippen LogP) is 5.57. The molecule has 0 unspecified atom stereocenters. The summed E-state index contributed by atoms with van der Waals surface area (Å²) in [6, 6.07) is 16.6. The van der Waals surface area contributed by atoms with Crippen LogP contribution in [0.2, 0.25) is 0 Å². The Labute approximate surface area is 192 Å². The normalized spacial score (nSPS) is 14.8. The van der Waals surface area contributed by atoms with Crippen molar-refractivity contribution in [2.24, 2.45) is 0 Å². The molecule has 4 nitrogen and oxygen atoms in total. The molecular weight excluding hydrogens is 423 g/mol. The molecule has 1 atom stereocenters. The Hall–Kier alpha value is -2.99. The number of thiophene rings is 1. The van der Waals surface area contributed by atoms with Gasteiger partial charge < -0.3 is 5.32 Å². The minimum Gasteiger partial charge on any atom is -0.351 e. The van der Waals surface area contributed by atoms with Crippen LogP contribution in [0.1, 0.15) is 47.7 Å². The number of hydrogen-bond donors (Lipinski definition) is 1. The van der Waals surface area contributed by atoms with Crippen molar-refractivity contribution in [2.45, 2.75) is 51.1 Å². The van der Waals surface area contributed by atoms with E-state index in [4.69, 9.17) is 0 Å². The molecular formula is C26H27FN2O2S. The molecule has 3 aromatic rings. The third kappa shape index (κ3) is 4.91. The molecule has 32 heavy (non-hydrogen) atoms. The number of nitrogens with zero attached hydrogens (tertiary/aromatic N) is 1. The molecule has 6 heteroatoms. The van der Waals surface area contributed by atoms with Gasteiger partial charge in [-0.2, -0.15) is 0 Å². The standard InChI is InChI=1S/C26H27FN2O2S/c1-18-9-2-5-13-21(18)25(26(31)28-19-10-3-4-11-19)29(23-15-7-6-14-22(23)27)24(30)17-20-12-8-16-32-20/h2,5-9,12-16,19,25H,3-4,10-11,17H2,1H3,(H,28,31)/t25-/m1/s1. The summed E-state index contributed by atoms with van der Waals surface area (Å²) in [6.07, 6.45) is 4.11. The van der Waals surface area contributed by atoms with E-state index in [1.165, 1.54) is 22.3 Å². The second-order valence-corrected chi connectivity index (χ2v) is 9.25. The summed E-state index contributed by atoms with van der Waals surface area (Å²) in [5, 5.41) is 5.04. The molecule has 2 aromatic carbocycles. The van der Waals surface area contributed by atoms with Crippen molar-refractivity contribution in [1.29, 1.82) is 0 Å². The maximum absolute atomic E-state index is 15.0. The molecule has 1 heterocycles. The van der Waals surface area contributed by atoms with Gasteiger partial charge in [-0.25, -0.2) is 4.39 Å². The summed E-state index contributed by atoms with van der Waals surface area (Å²) in [5.41, 5.74) is 1.69. The SMILES string of the molecule is Cc1ccccc1[C@H](C(=O)NC1CCCC1)N(C(=O)Cc1cccs1)c1ccccc1F. The van der Waals surface area contributed by atoms with Crippen molar-refractivity contribution < 1.29 is 14.0 Å². The minimum absolute atomic E-state index is 0.0869. The number of carbonyl (C=O) groups is 2. The summed E-state index contributed by atoms with van der Waals surface area (Å²) >= 11 is 1.47. The van der Waals surface area contributed by atoms with Gasteiger partial charge in [-0.3, -0.25) is 14.5 Å². The lowest BCUT2D eigenvalue weighted by atomic mass is 9.97. The highest BCUT2D eigenvalue weighted by Gasteiger charge is 2.36. The predicted molar refractivity (Wildman–Crippen MR) is 126 cm³/mol. The number of benzene rings is 2. The van der Waals surface area contributed by atoms with E-state index in [0.717, 1.165) is 36.1 Å². The Morgan fingerprint density at radius 1 is 1.06 bits per heavy atom. The highest BCUT2D eigenvalue weighted by Crippen LogP contribution is 2.33. The first kappa shape index (κ1) is 22.2. The maximum Gasteiger partial charge on any atom is 0.248 e. The lowest BCUT2D eigenvalue weighted by Crippen LogP contribution is -2.47. The Balaban J connectivity index is 1.79. The van der Waals surface area contributed by atoms with E-state index in [0.29, 0.717) is 5.56 Å². The number of carbonyl (C=O) groups excluding carboxylic acids is 2. The molecule has 1 N–H and O–H groups in total. The molecule has 1 aromatic heterocycles. The van der Waals surface area contributed by atoms with Crippen molar-refractivity contribution in [2.75, 3.05) is 4.90 Å². The third-order valence-corrected chi connectivity index (χ3v) is 6.85. The molecule has 0 spiro atoms. The molecule has 0 saturated heterocycles. The van der Waals surface area contributed by atoms with E-state index < -0.39 is 11.9 Å². The van der Waals surface area contributed by atoms with Gasteiger partial charge in [0.15, 0.2) is 0 Å². The zero-order valence-corrected chi connectivity index (χ0v) is 18.9. The first-order chi connectivity index (χ1) is 15.5. The number of rotatable bonds is 7. The number of anilines is 1. The molecule has 1 aliphatic rings. The largest absolute Gasteiger partial charge is 0.351 e. The average molecular weight is 451 g/mol. The highest BCUT2D eigenvalue weighted by atomic mass is 32.1. The Morgan fingerprint density at radius 2 is 1.78 bits per heavy atom. The van der Waals surface area contributed by atoms with Gasteiger partial charge in [0.25, 0.3) is 0 Å². The van der Waals surface area contributed by atoms with Crippen molar-refractivity contribution in [3.63, 3.8) is 0 Å². The van der Waals surface area contributed by atoms with Crippen LogP contribution in [0.15, 0.2) is 66.0 Å². The highest BCUT2D eigenvalue weighted by molar-refractivity contribution is 7.10. The lowest BCUT2D eigenvalue weighted by molar-refractivity contribution is -0.127. The minimum atomic E-state index is -0.957. The first-order valence-corrected chi connectivity index (χ1v) is 11.9. The fourth-order valence-electron chi connectivity index (χ4n) is 4.35. The third-order valence-electron chi connectivity index (χ3n) is 5.98. The van der Waals surface area contributed by atoms with Crippen LogP contribution in [0.25, 0.3) is 0 Å². The molecule has 2 amide bonds. The molecule has 0 aliphatic heterocycles. The van der Waals surface area contributed by atoms with Crippen molar-refractivity contribution in [1.82, 2.24) is 5.32 Å². The molecule has 1 saturated carbocycles. The second kappa shape index (κ2) is 10.1. The fraction of sp³-hybridized carbons (Fsp3) is 0.308. The number of halogens is 1. The van der Waals surface area contributed by atoms with Crippen LogP contribution in [0.5, 0.6) is 0 Å². The number of hydrogen-bond acceptors (Lipinski definition) is 3. The molecule has 4 rings (SSSR count). The molecule has 166 valence electrons. The van der Waals surface area contributed by atoms with E-state index >= 15 is 4.39 Å². The van der Waals surface area contributed by atoms with Gasteiger partial charge in [0.05, 0.1) is 12.1 Å². The van der Waals surface area contributed by atoms with E-state index in [1.807, 2.05) is 48.7 Å². The molecule has 0 bridgehead atoms. The number of aryl methyl sites for hydroxylation is 1. The lowest BCUT2D eigenvalue weighted by Gasteiger charge is -2.33. The maximum atomic E-state index is 15.0. The molecule has 1 fully saturated rings. The monoisotopic (exact) mass is 450 g/mol. The first-order valence-electron chi connectivity index (χ1n) is 11.0. The van der Waals surface area contributed by atoms with E-state index in [-0.39, 0.29) is 30.0 Å². The summed E-state index contributed by atoms with van der Waals surface area (Å²) in [7, 11) is 0. The van der Waals surface area contributed by atoms with Crippen molar-refractivity contribution in [3.05, 3.63) is 87.9 Å². The van der Waals surface area contributed by atoms with Crippen LogP contribution in [-0.4, -0.2) is 17.9 Å². The summed E-state index contributed by atoms with van der Waals surface area (Å²) < 4.78 is 15.0. The van der Waals surface area contributed by atoms with Gasteiger partial charge in [-0.05, 0) is 54.5 Å². The molecule has 0 radical (unpaired) electrons.